The summed E-state index contributed by atoms with van der Waals surface area (Å²) in [5, 5.41) is 11.9. The van der Waals surface area contributed by atoms with Crippen LogP contribution >= 0.6 is 12.4 Å². The molecule has 0 saturated carbocycles. The summed E-state index contributed by atoms with van der Waals surface area (Å²) in [6.07, 6.45) is -5.11. The van der Waals surface area contributed by atoms with Gasteiger partial charge in [-0.15, -0.1) is 12.4 Å². The minimum absolute atomic E-state index is 0. The highest BCUT2D eigenvalue weighted by molar-refractivity contribution is 5.85. The number of alkyl halides is 5. The highest BCUT2D eigenvalue weighted by atomic mass is 35.5. The molecule has 0 aromatic heterocycles. The summed E-state index contributed by atoms with van der Waals surface area (Å²) in [4.78, 5) is 1.14. The molecule has 1 aliphatic heterocycles. The maximum atomic E-state index is 14.2. The topological polar surface area (TPSA) is 35.5 Å². The van der Waals surface area contributed by atoms with Crippen LogP contribution in [-0.4, -0.2) is 48.7 Å². The van der Waals surface area contributed by atoms with Crippen molar-refractivity contribution in [3.05, 3.63) is 35.1 Å². The fourth-order valence-corrected chi connectivity index (χ4v) is 2.79. The molecule has 138 valence electrons. The number of nitrogens with zero attached hydrogens (tertiary/aromatic N) is 1. The Kier molecular flexibility index (Phi) is 6.92. The van der Waals surface area contributed by atoms with Crippen LogP contribution in [0.3, 0.4) is 0 Å². The van der Waals surface area contributed by atoms with E-state index in [2.05, 4.69) is 5.32 Å². The third-order valence-electron chi connectivity index (χ3n) is 3.75. The van der Waals surface area contributed by atoms with Crippen molar-refractivity contribution in [2.24, 2.45) is 0 Å². The zero-order valence-corrected chi connectivity index (χ0v) is 13.2. The second kappa shape index (κ2) is 7.90. The van der Waals surface area contributed by atoms with Gasteiger partial charge in [0.2, 0.25) is 0 Å². The molecule has 1 aromatic rings. The Morgan fingerprint density at radius 3 is 2.21 bits per heavy atom. The maximum Gasteiger partial charge on any atom is 0.419 e. The van der Waals surface area contributed by atoms with Gasteiger partial charge in [-0.25, -0.2) is 13.2 Å². The highest BCUT2D eigenvalue weighted by Gasteiger charge is 2.48. The Bertz CT molecular complexity index is 549. The summed E-state index contributed by atoms with van der Waals surface area (Å²) in [5.41, 5.74) is -2.57. The quantitative estimate of drug-likeness (QED) is 0.791. The monoisotopic (exact) mass is 378 g/mol. The van der Waals surface area contributed by atoms with Crippen LogP contribution in [0.15, 0.2) is 18.2 Å². The molecular weight excluding hydrogens is 362 g/mol. The van der Waals surface area contributed by atoms with Crippen molar-refractivity contribution in [3.8, 4) is 0 Å². The number of aliphatic hydroxyl groups is 1. The first-order chi connectivity index (χ1) is 10.7. The normalized spacial score (nSPS) is 18.1. The van der Waals surface area contributed by atoms with Crippen LogP contribution in [0, 0.1) is 5.82 Å². The molecule has 2 N–H and O–H groups in total. The number of benzene rings is 1. The molecule has 2 rings (SSSR count). The molecule has 1 heterocycles. The number of piperazine rings is 1. The molecule has 0 aliphatic carbocycles. The average molecular weight is 379 g/mol. The zero-order chi connectivity index (χ0) is 17.3. The molecule has 1 saturated heterocycles. The van der Waals surface area contributed by atoms with E-state index in [9.17, 15) is 26.3 Å². The Morgan fingerprint density at radius 1 is 1.12 bits per heavy atom. The van der Waals surface area contributed by atoms with Gasteiger partial charge >= 0.3 is 6.18 Å². The van der Waals surface area contributed by atoms with E-state index in [1.165, 1.54) is 0 Å². The number of halogens is 7. The Labute approximate surface area is 141 Å². The fraction of sp³-hybridized carbons (Fsp3) is 0.571. The SMILES string of the molecule is Cl.OCC(F)(F)[C@H](c1cccc(F)c1C(F)(F)F)N1CCNCC1. The van der Waals surface area contributed by atoms with Gasteiger partial charge in [0.25, 0.3) is 5.92 Å². The van der Waals surface area contributed by atoms with E-state index in [1.54, 1.807) is 0 Å². The van der Waals surface area contributed by atoms with Gasteiger partial charge in [-0.3, -0.25) is 4.90 Å². The van der Waals surface area contributed by atoms with Crippen molar-refractivity contribution in [2.75, 3.05) is 32.8 Å². The summed E-state index contributed by atoms with van der Waals surface area (Å²) < 4.78 is 81.5. The maximum absolute atomic E-state index is 14.2. The van der Waals surface area contributed by atoms with Crippen LogP contribution < -0.4 is 5.32 Å². The smallest absolute Gasteiger partial charge is 0.390 e. The third-order valence-corrected chi connectivity index (χ3v) is 3.75. The van der Waals surface area contributed by atoms with E-state index in [4.69, 9.17) is 5.11 Å². The average Bonchev–Trinajstić information content (AvgIpc) is 2.47. The first-order valence-corrected chi connectivity index (χ1v) is 6.97. The third kappa shape index (κ3) is 4.33. The first kappa shape index (κ1) is 21.0. The predicted octanol–water partition coefficient (Wildman–Crippen LogP) is 2.84. The van der Waals surface area contributed by atoms with Gasteiger partial charge in [-0.1, -0.05) is 12.1 Å². The molecule has 10 heteroatoms. The van der Waals surface area contributed by atoms with E-state index >= 15 is 0 Å². The molecular formula is C14H17ClF6N2O. The molecule has 0 amide bonds. The van der Waals surface area contributed by atoms with Crippen LogP contribution in [0.2, 0.25) is 0 Å². The molecule has 3 nitrogen and oxygen atoms in total. The summed E-state index contributed by atoms with van der Waals surface area (Å²) in [7, 11) is 0. The van der Waals surface area contributed by atoms with Crippen molar-refractivity contribution in [1.29, 1.82) is 0 Å². The minimum atomic E-state index is -5.11. The van der Waals surface area contributed by atoms with E-state index in [-0.39, 0.29) is 25.5 Å². The lowest BCUT2D eigenvalue weighted by atomic mass is 9.93. The zero-order valence-electron chi connectivity index (χ0n) is 12.4. The lowest BCUT2D eigenvalue weighted by Gasteiger charge is -2.39. The Balaban J connectivity index is 0.00000288. The lowest BCUT2D eigenvalue weighted by molar-refractivity contribution is -0.147. The van der Waals surface area contributed by atoms with Crippen LogP contribution in [0.25, 0.3) is 0 Å². The van der Waals surface area contributed by atoms with E-state index in [1.807, 2.05) is 0 Å². The van der Waals surface area contributed by atoms with Gasteiger partial charge in [0.15, 0.2) is 0 Å². The standard InChI is InChI=1S/C14H16F6N2O.ClH/c15-10-3-1-2-9(11(10)14(18,19)20)12(13(16,17)8-23)22-6-4-21-5-7-22;/h1-3,12,21,23H,4-8H2;1H/t12-;/m0./s1. The van der Waals surface area contributed by atoms with Crippen molar-refractivity contribution >= 4 is 12.4 Å². The Morgan fingerprint density at radius 2 is 1.71 bits per heavy atom. The van der Waals surface area contributed by atoms with Crippen LogP contribution in [0.5, 0.6) is 0 Å². The van der Waals surface area contributed by atoms with E-state index in [0.717, 1.165) is 17.0 Å². The summed E-state index contributed by atoms with van der Waals surface area (Å²) in [6, 6.07) is 0.324. The molecule has 1 aromatic carbocycles. The molecule has 0 spiro atoms. The predicted molar refractivity (Wildman–Crippen MR) is 77.9 cm³/mol. The van der Waals surface area contributed by atoms with Crippen LogP contribution in [-0.2, 0) is 6.18 Å². The molecule has 1 fully saturated rings. The van der Waals surface area contributed by atoms with Crippen LogP contribution in [0.1, 0.15) is 17.2 Å². The molecule has 0 unspecified atom stereocenters. The molecule has 24 heavy (non-hydrogen) atoms. The van der Waals surface area contributed by atoms with Crippen molar-refractivity contribution < 1.29 is 31.4 Å². The summed E-state index contributed by atoms with van der Waals surface area (Å²) in [6.45, 7) is -0.874. The number of aliphatic hydroxyl groups excluding tert-OH is 1. The van der Waals surface area contributed by atoms with E-state index in [0.29, 0.717) is 19.2 Å². The number of hydrogen-bond donors (Lipinski definition) is 2. The highest BCUT2D eigenvalue weighted by Crippen LogP contribution is 2.43. The number of nitrogens with one attached hydrogen (secondary N) is 1. The van der Waals surface area contributed by atoms with Gasteiger partial charge in [0.1, 0.15) is 18.5 Å². The first-order valence-electron chi connectivity index (χ1n) is 6.97. The van der Waals surface area contributed by atoms with Gasteiger partial charge in [-0.05, 0) is 11.6 Å². The second-order valence-electron chi connectivity index (χ2n) is 5.31. The summed E-state index contributed by atoms with van der Waals surface area (Å²) in [5.74, 6) is -5.45. The van der Waals surface area contributed by atoms with Gasteiger partial charge in [0.05, 0.1) is 5.56 Å². The molecule has 1 aliphatic rings. The fourth-order valence-electron chi connectivity index (χ4n) is 2.79. The molecule has 1 atom stereocenters. The summed E-state index contributed by atoms with van der Waals surface area (Å²) >= 11 is 0. The molecule has 0 radical (unpaired) electrons. The van der Waals surface area contributed by atoms with Crippen molar-refractivity contribution in [1.82, 2.24) is 10.2 Å². The van der Waals surface area contributed by atoms with Crippen LogP contribution in [0.4, 0.5) is 26.3 Å². The molecule has 0 bridgehead atoms. The lowest BCUT2D eigenvalue weighted by Crippen LogP contribution is -2.51. The number of hydrogen-bond acceptors (Lipinski definition) is 3. The van der Waals surface area contributed by atoms with Crippen molar-refractivity contribution in [2.45, 2.75) is 18.1 Å². The second-order valence-corrected chi connectivity index (χ2v) is 5.31. The van der Waals surface area contributed by atoms with Gasteiger partial charge in [0, 0.05) is 26.2 Å². The largest absolute Gasteiger partial charge is 0.419 e. The van der Waals surface area contributed by atoms with Gasteiger partial charge < -0.3 is 10.4 Å². The minimum Gasteiger partial charge on any atom is -0.390 e. The Hall–Kier alpha value is -1.03. The number of rotatable bonds is 4. The van der Waals surface area contributed by atoms with Gasteiger partial charge in [-0.2, -0.15) is 13.2 Å². The van der Waals surface area contributed by atoms with Crippen molar-refractivity contribution in [3.63, 3.8) is 0 Å². The van der Waals surface area contributed by atoms with E-state index < -0.39 is 41.7 Å².